The van der Waals surface area contributed by atoms with Gasteiger partial charge in [0.15, 0.2) is 6.29 Å². The smallest absolute Gasteiger partial charge is 0.342 e. The van der Waals surface area contributed by atoms with Gasteiger partial charge in [-0.2, -0.15) is 0 Å². The Labute approximate surface area is 372 Å². The third kappa shape index (κ3) is 21.5. The second-order valence-electron chi connectivity index (χ2n) is 16.8. The molecule has 1 heterocycles. The summed E-state index contributed by atoms with van der Waals surface area (Å²) in [5, 5.41) is 0. The van der Waals surface area contributed by atoms with Gasteiger partial charge in [-0.3, -0.25) is 9.59 Å². The standard InChI is InChI=1S/C51H78O11/c1-3-19-41-21-23-42(24-22-41)43-25-27-44(28-26-43)56-33-12-5-7-14-35-58-48(52)31-32-49(53)59-36-15-8-6-13-34-57-45-29-30-47(55-4-2)46(40-45)51(54)62-39-17-10-9-16-37-60-50-20-11-18-38-61-50/h25-30,40-42,50H,3-24,31-39H2,1-2H3. The maximum Gasteiger partial charge on any atom is 0.342 e. The van der Waals surface area contributed by atoms with Gasteiger partial charge in [0.25, 0.3) is 0 Å². The summed E-state index contributed by atoms with van der Waals surface area (Å²) in [6.45, 7) is 8.28. The first-order chi connectivity index (χ1) is 30.4. The molecule has 1 saturated heterocycles. The van der Waals surface area contributed by atoms with E-state index in [4.69, 9.17) is 37.9 Å². The van der Waals surface area contributed by atoms with Crippen LogP contribution < -0.4 is 14.2 Å². The molecule has 0 bridgehead atoms. The molecule has 2 fully saturated rings. The van der Waals surface area contributed by atoms with E-state index in [-0.39, 0.29) is 31.1 Å². The van der Waals surface area contributed by atoms with Gasteiger partial charge in [0, 0.05) is 13.2 Å². The minimum Gasteiger partial charge on any atom is -0.494 e. The minimum absolute atomic E-state index is 0.0232. The van der Waals surface area contributed by atoms with Gasteiger partial charge >= 0.3 is 17.9 Å². The van der Waals surface area contributed by atoms with Crippen LogP contribution in [0.4, 0.5) is 0 Å². The van der Waals surface area contributed by atoms with Crippen LogP contribution in [0.3, 0.4) is 0 Å². The summed E-state index contributed by atoms with van der Waals surface area (Å²) in [6, 6.07) is 13.9. The average Bonchev–Trinajstić information content (AvgIpc) is 3.29. The first-order valence-electron chi connectivity index (χ1n) is 24.3. The lowest BCUT2D eigenvalue weighted by atomic mass is 9.77. The molecule has 2 aliphatic rings. The number of hydrogen-bond donors (Lipinski definition) is 0. The fraction of sp³-hybridized carbons (Fsp3) is 0.706. The summed E-state index contributed by atoms with van der Waals surface area (Å²) in [6.07, 6.45) is 22.0. The van der Waals surface area contributed by atoms with Gasteiger partial charge in [-0.05, 0) is 170 Å². The highest BCUT2D eigenvalue weighted by molar-refractivity contribution is 5.93. The predicted molar refractivity (Wildman–Crippen MR) is 241 cm³/mol. The van der Waals surface area contributed by atoms with Crippen molar-refractivity contribution in [3.8, 4) is 17.2 Å². The fourth-order valence-electron chi connectivity index (χ4n) is 8.14. The van der Waals surface area contributed by atoms with Gasteiger partial charge in [-0.1, -0.05) is 38.3 Å². The lowest BCUT2D eigenvalue weighted by Gasteiger charge is -2.28. The first kappa shape index (κ1) is 50.8. The Morgan fingerprint density at radius 3 is 1.73 bits per heavy atom. The van der Waals surface area contributed by atoms with Crippen LogP contribution in [0.15, 0.2) is 42.5 Å². The lowest BCUT2D eigenvalue weighted by Crippen LogP contribution is -2.22. The molecule has 2 aromatic rings. The molecule has 1 unspecified atom stereocenters. The summed E-state index contributed by atoms with van der Waals surface area (Å²) >= 11 is 0. The number of carbonyl (C=O) groups is 3. The highest BCUT2D eigenvalue weighted by Crippen LogP contribution is 2.38. The van der Waals surface area contributed by atoms with E-state index in [1.54, 1.807) is 18.2 Å². The minimum atomic E-state index is -0.419. The predicted octanol–water partition coefficient (Wildman–Crippen LogP) is 11.9. The van der Waals surface area contributed by atoms with Crippen LogP contribution in [0.25, 0.3) is 0 Å². The van der Waals surface area contributed by atoms with E-state index in [0.717, 1.165) is 115 Å². The molecule has 62 heavy (non-hydrogen) atoms. The van der Waals surface area contributed by atoms with Gasteiger partial charge in [-0.15, -0.1) is 0 Å². The first-order valence-corrected chi connectivity index (χ1v) is 24.3. The van der Waals surface area contributed by atoms with Gasteiger partial charge in [-0.25, -0.2) is 4.79 Å². The van der Waals surface area contributed by atoms with E-state index in [0.29, 0.717) is 69.2 Å². The molecule has 1 aliphatic carbocycles. The van der Waals surface area contributed by atoms with E-state index >= 15 is 0 Å². The van der Waals surface area contributed by atoms with E-state index in [9.17, 15) is 14.4 Å². The maximum atomic E-state index is 12.9. The van der Waals surface area contributed by atoms with Crippen molar-refractivity contribution in [3.05, 3.63) is 53.6 Å². The van der Waals surface area contributed by atoms with Crippen LogP contribution in [0.5, 0.6) is 17.2 Å². The number of ether oxygens (including phenoxy) is 8. The van der Waals surface area contributed by atoms with Gasteiger partial charge in [0.2, 0.25) is 0 Å². The molecule has 4 rings (SSSR count). The molecule has 0 spiro atoms. The van der Waals surface area contributed by atoms with E-state index in [1.165, 1.54) is 44.1 Å². The number of benzene rings is 2. The number of hydrogen-bond acceptors (Lipinski definition) is 11. The molecule has 2 aromatic carbocycles. The third-order valence-corrected chi connectivity index (χ3v) is 11.8. The van der Waals surface area contributed by atoms with Crippen molar-refractivity contribution in [2.24, 2.45) is 5.92 Å². The Bertz CT molecular complexity index is 1500. The van der Waals surface area contributed by atoms with Gasteiger partial charge < -0.3 is 37.9 Å². The number of rotatable bonds is 33. The summed E-state index contributed by atoms with van der Waals surface area (Å²) in [5.41, 5.74) is 1.81. The van der Waals surface area contributed by atoms with Crippen LogP contribution in [-0.4, -0.2) is 77.1 Å². The van der Waals surface area contributed by atoms with Crippen LogP contribution in [0.1, 0.15) is 183 Å². The molecule has 0 N–H and O–H groups in total. The van der Waals surface area contributed by atoms with Crippen molar-refractivity contribution < 1.29 is 52.3 Å². The monoisotopic (exact) mass is 867 g/mol. The Hall–Kier alpha value is -3.83. The van der Waals surface area contributed by atoms with Crippen LogP contribution in [0, 0.1) is 5.92 Å². The molecule has 348 valence electrons. The molecule has 1 atom stereocenters. The molecule has 1 saturated carbocycles. The van der Waals surface area contributed by atoms with Crippen LogP contribution in [0.2, 0.25) is 0 Å². The second kappa shape index (κ2) is 31.9. The fourth-order valence-corrected chi connectivity index (χ4v) is 8.14. The highest BCUT2D eigenvalue weighted by atomic mass is 16.7. The van der Waals surface area contributed by atoms with Crippen molar-refractivity contribution in [1.29, 1.82) is 0 Å². The lowest BCUT2D eigenvalue weighted by molar-refractivity contribution is -0.162. The quantitative estimate of drug-likeness (QED) is 0.0387. The topological polar surface area (TPSA) is 125 Å². The van der Waals surface area contributed by atoms with Crippen LogP contribution >= 0.6 is 0 Å². The zero-order valence-electron chi connectivity index (χ0n) is 38.2. The Morgan fingerprint density at radius 1 is 0.581 bits per heavy atom. The van der Waals surface area contributed by atoms with E-state index in [1.807, 2.05) is 6.92 Å². The maximum absolute atomic E-state index is 12.9. The number of unbranched alkanes of at least 4 members (excludes halogenated alkanes) is 9. The second-order valence-corrected chi connectivity index (χ2v) is 16.8. The normalized spacial score (nSPS) is 17.5. The Balaban J connectivity index is 0.929. The average molecular weight is 867 g/mol. The van der Waals surface area contributed by atoms with Gasteiger partial charge in [0.1, 0.15) is 22.8 Å². The largest absolute Gasteiger partial charge is 0.494 e. The number of esters is 3. The molecule has 11 heteroatoms. The van der Waals surface area contributed by atoms with Crippen LogP contribution in [-0.2, 0) is 33.3 Å². The summed E-state index contributed by atoms with van der Waals surface area (Å²) in [7, 11) is 0. The molecular formula is C51H78O11. The SMILES string of the molecule is CCCC1CCC(c2ccc(OCCCCCCOC(=O)CCC(=O)OCCCCCCOc3ccc(OCC)c(C(=O)OCCCCCCOC4CCCCO4)c3)cc2)CC1. The van der Waals surface area contributed by atoms with E-state index < -0.39 is 5.97 Å². The Kier molecular flexibility index (Phi) is 26.2. The van der Waals surface area contributed by atoms with Gasteiger partial charge in [0.05, 0.1) is 52.5 Å². The molecule has 0 radical (unpaired) electrons. The zero-order valence-corrected chi connectivity index (χ0v) is 38.2. The molecule has 11 nitrogen and oxygen atoms in total. The molecule has 0 aromatic heterocycles. The number of carbonyl (C=O) groups excluding carboxylic acids is 3. The summed E-state index contributed by atoms with van der Waals surface area (Å²) in [4.78, 5) is 37.2. The van der Waals surface area contributed by atoms with Crippen molar-refractivity contribution in [3.63, 3.8) is 0 Å². The van der Waals surface area contributed by atoms with Crippen molar-refractivity contribution >= 4 is 17.9 Å². The molecular weight excluding hydrogens is 789 g/mol. The van der Waals surface area contributed by atoms with Crippen molar-refractivity contribution in [2.45, 2.75) is 174 Å². The molecule has 0 amide bonds. The third-order valence-electron chi connectivity index (χ3n) is 11.8. The zero-order chi connectivity index (χ0) is 43.9. The van der Waals surface area contributed by atoms with Crippen molar-refractivity contribution in [1.82, 2.24) is 0 Å². The highest BCUT2D eigenvalue weighted by Gasteiger charge is 2.22. The van der Waals surface area contributed by atoms with Crippen molar-refractivity contribution in [2.75, 3.05) is 52.9 Å². The summed E-state index contributed by atoms with van der Waals surface area (Å²) < 4.78 is 45.2. The summed E-state index contributed by atoms with van der Waals surface area (Å²) in [5.74, 6) is 2.45. The molecule has 1 aliphatic heterocycles. The van der Waals surface area contributed by atoms with E-state index in [2.05, 4.69) is 31.2 Å². The Morgan fingerprint density at radius 2 is 1.15 bits per heavy atom.